The quantitative estimate of drug-likeness (QED) is 0.803. The lowest BCUT2D eigenvalue weighted by Gasteiger charge is -2.08. The number of hydrogen-bond donors (Lipinski definition) is 2. The van der Waals surface area contributed by atoms with Gasteiger partial charge in [0.05, 0.1) is 12.1 Å². The third-order valence-electron chi connectivity index (χ3n) is 3.33. The Kier molecular flexibility index (Phi) is 4.98. The molecule has 20 heavy (non-hydrogen) atoms. The molecule has 0 aliphatic rings. The van der Waals surface area contributed by atoms with Crippen LogP contribution in [0.4, 0.5) is 0 Å². The SMILES string of the molecule is Cc1cc(C(=O)NCCCO)c(C)n1Cc1cccs1. The van der Waals surface area contributed by atoms with Crippen molar-refractivity contribution in [3.05, 3.63) is 45.4 Å². The first kappa shape index (κ1) is 14.8. The van der Waals surface area contributed by atoms with Gasteiger partial charge in [-0.15, -0.1) is 11.3 Å². The molecule has 2 aromatic heterocycles. The van der Waals surface area contributed by atoms with Crippen molar-refractivity contribution < 1.29 is 9.90 Å². The van der Waals surface area contributed by atoms with Gasteiger partial charge in [-0.05, 0) is 37.8 Å². The maximum atomic E-state index is 12.1. The van der Waals surface area contributed by atoms with E-state index in [1.807, 2.05) is 26.0 Å². The van der Waals surface area contributed by atoms with Crippen LogP contribution in [-0.2, 0) is 6.54 Å². The maximum absolute atomic E-state index is 12.1. The lowest BCUT2D eigenvalue weighted by molar-refractivity contribution is 0.0950. The van der Waals surface area contributed by atoms with Crippen LogP contribution in [0.3, 0.4) is 0 Å². The molecule has 2 N–H and O–H groups in total. The third-order valence-corrected chi connectivity index (χ3v) is 4.19. The van der Waals surface area contributed by atoms with Crippen LogP contribution < -0.4 is 5.32 Å². The molecule has 0 spiro atoms. The minimum Gasteiger partial charge on any atom is -0.396 e. The average molecular weight is 292 g/mol. The summed E-state index contributed by atoms with van der Waals surface area (Å²) >= 11 is 1.72. The Bertz CT molecular complexity index is 573. The van der Waals surface area contributed by atoms with Crippen molar-refractivity contribution in [1.29, 1.82) is 0 Å². The number of thiophene rings is 1. The molecule has 0 atom stereocenters. The van der Waals surface area contributed by atoms with Crippen LogP contribution >= 0.6 is 11.3 Å². The van der Waals surface area contributed by atoms with Crippen LogP contribution in [0.15, 0.2) is 23.6 Å². The van der Waals surface area contributed by atoms with Gasteiger partial charge in [0.15, 0.2) is 0 Å². The summed E-state index contributed by atoms with van der Waals surface area (Å²) < 4.78 is 2.16. The Labute approximate surface area is 123 Å². The van der Waals surface area contributed by atoms with E-state index in [9.17, 15) is 4.79 Å². The number of carbonyl (C=O) groups is 1. The van der Waals surface area contributed by atoms with E-state index < -0.39 is 0 Å². The van der Waals surface area contributed by atoms with Crippen molar-refractivity contribution in [2.45, 2.75) is 26.8 Å². The lowest BCUT2D eigenvalue weighted by atomic mass is 10.2. The minimum absolute atomic E-state index is 0.0658. The third kappa shape index (κ3) is 3.29. The predicted octanol–water partition coefficient (Wildman–Crippen LogP) is 2.33. The van der Waals surface area contributed by atoms with Gasteiger partial charge in [-0.2, -0.15) is 0 Å². The van der Waals surface area contributed by atoms with E-state index in [1.165, 1.54) is 4.88 Å². The summed E-state index contributed by atoms with van der Waals surface area (Å²) in [6, 6.07) is 6.07. The Morgan fingerprint density at radius 3 is 2.90 bits per heavy atom. The largest absolute Gasteiger partial charge is 0.396 e. The number of aromatic nitrogens is 1. The maximum Gasteiger partial charge on any atom is 0.253 e. The van der Waals surface area contributed by atoms with Gasteiger partial charge in [-0.25, -0.2) is 0 Å². The van der Waals surface area contributed by atoms with E-state index in [0.717, 1.165) is 23.5 Å². The first-order valence-corrected chi connectivity index (χ1v) is 7.59. The molecule has 0 radical (unpaired) electrons. The van der Waals surface area contributed by atoms with E-state index in [-0.39, 0.29) is 12.5 Å². The molecule has 2 heterocycles. The highest BCUT2D eigenvalue weighted by Crippen LogP contribution is 2.19. The van der Waals surface area contributed by atoms with E-state index in [4.69, 9.17) is 5.11 Å². The predicted molar refractivity (Wildman–Crippen MR) is 81.4 cm³/mol. The molecule has 4 nitrogen and oxygen atoms in total. The molecule has 5 heteroatoms. The number of hydrogen-bond acceptors (Lipinski definition) is 3. The highest BCUT2D eigenvalue weighted by atomic mass is 32.1. The molecule has 0 aromatic carbocycles. The van der Waals surface area contributed by atoms with Gasteiger partial charge in [0, 0.05) is 29.4 Å². The second kappa shape index (κ2) is 6.72. The van der Waals surface area contributed by atoms with Gasteiger partial charge in [0.25, 0.3) is 5.91 Å². The zero-order valence-corrected chi connectivity index (χ0v) is 12.7. The van der Waals surface area contributed by atoms with Crippen molar-refractivity contribution in [3.63, 3.8) is 0 Å². The number of aliphatic hydroxyl groups is 1. The Morgan fingerprint density at radius 1 is 1.45 bits per heavy atom. The van der Waals surface area contributed by atoms with Crippen molar-refractivity contribution in [2.75, 3.05) is 13.2 Å². The Morgan fingerprint density at radius 2 is 2.25 bits per heavy atom. The van der Waals surface area contributed by atoms with Crippen LogP contribution in [0.25, 0.3) is 0 Å². The molecular weight excluding hydrogens is 272 g/mol. The van der Waals surface area contributed by atoms with Crippen LogP contribution in [0.1, 0.15) is 33.0 Å². The summed E-state index contributed by atoms with van der Waals surface area (Å²) in [6.45, 7) is 5.40. The number of rotatable bonds is 6. The summed E-state index contributed by atoms with van der Waals surface area (Å²) in [4.78, 5) is 13.4. The fourth-order valence-corrected chi connectivity index (χ4v) is 2.90. The standard InChI is InChI=1S/C15H20N2O2S/c1-11-9-14(15(19)16-6-4-7-18)12(2)17(11)10-13-5-3-8-20-13/h3,5,8-9,18H,4,6-7,10H2,1-2H3,(H,16,19). The molecule has 0 saturated carbocycles. The molecule has 0 unspecified atom stereocenters. The lowest BCUT2D eigenvalue weighted by Crippen LogP contribution is -2.25. The van der Waals surface area contributed by atoms with Gasteiger partial charge in [-0.3, -0.25) is 4.79 Å². The number of aliphatic hydroxyl groups excluding tert-OH is 1. The number of nitrogens with zero attached hydrogens (tertiary/aromatic N) is 1. The molecular formula is C15H20N2O2S. The molecule has 0 bridgehead atoms. The second-order valence-electron chi connectivity index (χ2n) is 4.78. The van der Waals surface area contributed by atoms with Crippen LogP contribution in [0.5, 0.6) is 0 Å². The highest BCUT2D eigenvalue weighted by Gasteiger charge is 2.15. The topological polar surface area (TPSA) is 54.3 Å². The van der Waals surface area contributed by atoms with Gasteiger partial charge >= 0.3 is 0 Å². The summed E-state index contributed by atoms with van der Waals surface area (Å²) in [6.07, 6.45) is 0.583. The Balaban J connectivity index is 2.13. The summed E-state index contributed by atoms with van der Waals surface area (Å²) in [5.41, 5.74) is 2.79. The van der Waals surface area contributed by atoms with Crippen LogP contribution in [-0.4, -0.2) is 28.7 Å². The summed E-state index contributed by atoms with van der Waals surface area (Å²) in [5.74, 6) is -0.0658. The van der Waals surface area contributed by atoms with E-state index in [1.54, 1.807) is 11.3 Å². The van der Waals surface area contributed by atoms with Crippen molar-refractivity contribution >= 4 is 17.2 Å². The van der Waals surface area contributed by atoms with Crippen molar-refractivity contribution in [2.24, 2.45) is 0 Å². The molecule has 108 valence electrons. The fourth-order valence-electron chi connectivity index (χ4n) is 2.21. The minimum atomic E-state index is -0.0658. The van der Waals surface area contributed by atoms with Crippen LogP contribution in [0, 0.1) is 13.8 Å². The average Bonchev–Trinajstić information content (AvgIpc) is 3.02. The second-order valence-corrected chi connectivity index (χ2v) is 5.82. The summed E-state index contributed by atoms with van der Waals surface area (Å²) in [7, 11) is 0. The molecule has 0 aliphatic heterocycles. The van der Waals surface area contributed by atoms with Crippen molar-refractivity contribution in [1.82, 2.24) is 9.88 Å². The molecule has 2 rings (SSSR count). The number of carbonyl (C=O) groups excluding carboxylic acids is 1. The number of nitrogens with one attached hydrogen (secondary N) is 1. The Hall–Kier alpha value is -1.59. The first-order valence-electron chi connectivity index (χ1n) is 6.71. The zero-order valence-electron chi connectivity index (χ0n) is 11.8. The zero-order chi connectivity index (χ0) is 14.5. The number of amides is 1. The molecule has 0 aliphatic carbocycles. The van der Waals surface area contributed by atoms with Gasteiger partial charge in [0.1, 0.15) is 0 Å². The molecule has 0 fully saturated rings. The normalized spacial score (nSPS) is 10.8. The molecule has 1 amide bonds. The smallest absolute Gasteiger partial charge is 0.253 e. The van der Waals surface area contributed by atoms with Crippen molar-refractivity contribution in [3.8, 4) is 0 Å². The highest BCUT2D eigenvalue weighted by molar-refractivity contribution is 7.09. The van der Waals surface area contributed by atoms with Gasteiger partial charge in [-0.1, -0.05) is 6.07 Å². The number of aryl methyl sites for hydroxylation is 1. The molecule has 2 aromatic rings. The first-order chi connectivity index (χ1) is 9.63. The summed E-state index contributed by atoms with van der Waals surface area (Å²) in [5, 5.41) is 13.6. The van der Waals surface area contributed by atoms with E-state index in [2.05, 4.69) is 21.3 Å². The van der Waals surface area contributed by atoms with E-state index in [0.29, 0.717) is 13.0 Å². The van der Waals surface area contributed by atoms with Gasteiger partial charge in [0.2, 0.25) is 0 Å². The van der Waals surface area contributed by atoms with Gasteiger partial charge < -0.3 is 15.0 Å². The van der Waals surface area contributed by atoms with E-state index >= 15 is 0 Å². The molecule has 0 saturated heterocycles. The monoisotopic (exact) mass is 292 g/mol. The fraction of sp³-hybridized carbons (Fsp3) is 0.400. The van der Waals surface area contributed by atoms with Crippen LogP contribution in [0.2, 0.25) is 0 Å².